The minimum Gasteiger partial charge on any atom is -0.444 e. The molecule has 216 valence electrons. The number of aryl methyl sites for hydroxylation is 2. The predicted octanol–water partition coefficient (Wildman–Crippen LogP) is 7.10. The summed E-state index contributed by atoms with van der Waals surface area (Å²) < 4.78 is 35.4. The van der Waals surface area contributed by atoms with Gasteiger partial charge in [0.1, 0.15) is 12.3 Å². The van der Waals surface area contributed by atoms with Gasteiger partial charge in [0.15, 0.2) is 0 Å². The van der Waals surface area contributed by atoms with Gasteiger partial charge in [0, 0.05) is 41.4 Å². The van der Waals surface area contributed by atoms with Crippen LogP contribution < -0.4 is 4.90 Å². The van der Waals surface area contributed by atoms with E-state index in [9.17, 15) is 13.2 Å². The van der Waals surface area contributed by atoms with Gasteiger partial charge in [-0.05, 0) is 73.5 Å². The first-order chi connectivity index (χ1) is 20.7. The van der Waals surface area contributed by atoms with Crippen LogP contribution in [0.4, 0.5) is 10.5 Å². The molecule has 0 aliphatic carbocycles. The number of fused-ring (bicyclic) bond motifs is 1. The molecule has 0 bridgehead atoms. The summed E-state index contributed by atoms with van der Waals surface area (Å²) in [5, 5.41) is 4.86. The first-order valence-electron chi connectivity index (χ1n) is 13.8. The standard InChI is InChI=1S/C34H30N4O4S/c1-24-12-13-25(2)38(24)43(40,41)30-20-16-27(17-21-30)32-31-11-7-8-22-37(31)35-33(32)28-14-18-29(19-15-28)36(3)34(39)42-23-26-9-5-4-6-10-26/h4-22H,23H2,1-3H3. The van der Waals surface area contributed by atoms with Crippen LogP contribution in [0.15, 0.2) is 120 Å². The van der Waals surface area contributed by atoms with Crippen molar-refractivity contribution in [1.82, 2.24) is 13.6 Å². The van der Waals surface area contributed by atoms with Gasteiger partial charge in [-0.2, -0.15) is 5.10 Å². The summed E-state index contributed by atoms with van der Waals surface area (Å²) in [6.07, 6.45) is 1.43. The van der Waals surface area contributed by atoms with Crippen molar-refractivity contribution in [3.05, 3.63) is 132 Å². The first kappa shape index (κ1) is 28.0. The van der Waals surface area contributed by atoms with Gasteiger partial charge in [0.2, 0.25) is 0 Å². The molecule has 0 N–H and O–H groups in total. The summed E-state index contributed by atoms with van der Waals surface area (Å²) in [5.74, 6) is 0. The molecule has 8 nitrogen and oxygen atoms in total. The summed E-state index contributed by atoms with van der Waals surface area (Å²) in [7, 11) is -2.06. The van der Waals surface area contributed by atoms with Gasteiger partial charge in [0.05, 0.1) is 10.4 Å². The molecule has 3 aromatic carbocycles. The van der Waals surface area contributed by atoms with Crippen molar-refractivity contribution in [2.45, 2.75) is 25.3 Å². The Bertz CT molecular complexity index is 2010. The average Bonchev–Trinajstić information content (AvgIpc) is 3.59. The highest BCUT2D eigenvalue weighted by Gasteiger charge is 2.22. The highest BCUT2D eigenvalue weighted by molar-refractivity contribution is 7.90. The van der Waals surface area contributed by atoms with Crippen LogP contribution in [0, 0.1) is 13.8 Å². The average molecular weight is 591 g/mol. The predicted molar refractivity (Wildman–Crippen MR) is 168 cm³/mol. The molecule has 43 heavy (non-hydrogen) atoms. The number of anilines is 1. The third-order valence-corrected chi connectivity index (χ3v) is 9.36. The van der Waals surface area contributed by atoms with Gasteiger partial charge in [0.25, 0.3) is 10.0 Å². The first-order valence-corrected chi connectivity index (χ1v) is 15.2. The lowest BCUT2D eigenvalue weighted by atomic mass is 9.99. The van der Waals surface area contributed by atoms with Gasteiger partial charge < -0.3 is 4.74 Å². The Kier molecular flexibility index (Phi) is 7.33. The Morgan fingerprint density at radius 3 is 2.09 bits per heavy atom. The number of hydrogen-bond acceptors (Lipinski definition) is 5. The molecule has 0 spiro atoms. The lowest BCUT2D eigenvalue weighted by Gasteiger charge is -2.17. The fourth-order valence-corrected chi connectivity index (χ4v) is 6.75. The lowest BCUT2D eigenvalue weighted by molar-refractivity contribution is 0.148. The van der Waals surface area contributed by atoms with Gasteiger partial charge in [-0.3, -0.25) is 4.90 Å². The van der Waals surface area contributed by atoms with Crippen LogP contribution >= 0.6 is 0 Å². The molecular formula is C34H30N4O4S. The maximum Gasteiger partial charge on any atom is 0.414 e. The van der Waals surface area contributed by atoms with Crippen molar-refractivity contribution in [2.75, 3.05) is 11.9 Å². The minimum absolute atomic E-state index is 0.192. The molecule has 1 amide bonds. The van der Waals surface area contributed by atoms with E-state index in [0.717, 1.165) is 33.5 Å². The molecule has 0 radical (unpaired) electrons. The summed E-state index contributed by atoms with van der Waals surface area (Å²) in [5.41, 5.74) is 7.09. The second-order valence-corrected chi connectivity index (χ2v) is 12.1. The summed E-state index contributed by atoms with van der Waals surface area (Å²) >= 11 is 0. The van der Waals surface area contributed by atoms with Crippen molar-refractivity contribution < 1.29 is 17.9 Å². The number of pyridine rings is 1. The number of hydrogen-bond donors (Lipinski definition) is 0. The maximum absolute atomic E-state index is 13.4. The molecule has 3 aromatic heterocycles. The topological polar surface area (TPSA) is 85.9 Å². The van der Waals surface area contributed by atoms with Gasteiger partial charge in [-0.1, -0.05) is 60.7 Å². The Morgan fingerprint density at radius 2 is 1.42 bits per heavy atom. The number of nitrogens with zero attached hydrogens (tertiary/aromatic N) is 4. The van der Waals surface area contributed by atoms with E-state index < -0.39 is 16.1 Å². The fraction of sp³-hybridized carbons (Fsp3) is 0.118. The Balaban J connectivity index is 1.30. The summed E-state index contributed by atoms with van der Waals surface area (Å²) in [6.45, 7) is 3.75. The van der Waals surface area contributed by atoms with E-state index in [0.29, 0.717) is 17.1 Å². The summed E-state index contributed by atoms with van der Waals surface area (Å²) in [6, 6.07) is 33.4. The quantitative estimate of drug-likeness (QED) is 0.198. The van der Waals surface area contributed by atoms with Gasteiger partial charge in [-0.15, -0.1) is 0 Å². The molecule has 6 aromatic rings. The fourth-order valence-electron chi connectivity index (χ4n) is 5.18. The van der Waals surface area contributed by atoms with Gasteiger partial charge in [-0.25, -0.2) is 21.7 Å². The van der Waals surface area contributed by atoms with Crippen LogP contribution in [0.1, 0.15) is 17.0 Å². The van der Waals surface area contributed by atoms with Crippen LogP contribution in [0.5, 0.6) is 0 Å². The normalized spacial score (nSPS) is 11.5. The number of ether oxygens (including phenoxy) is 1. The largest absolute Gasteiger partial charge is 0.444 e. The molecule has 0 saturated carbocycles. The van der Waals surface area contributed by atoms with Crippen molar-refractivity contribution in [3.63, 3.8) is 0 Å². The van der Waals surface area contributed by atoms with E-state index in [1.165, 1.54) is 8.87 Å². The molecule has 9 heteroatoms. The second-order valence-electron chi connectivity index (χ2n) is 10.3. The Hall–Kier alpha value is -5.15. The van der Waals surface area contributed by atoms with Crippen LogP contribution in [0.2, 0.25) is 0 Å². The van der Waals surface area contributed by atoms with Crippen LogP contribution in [-0.2, 0) is 21.4 Å². The van der Waals surface area contributed by atoms with E-state index in [-0.39, 0.29) is 11.5 Å². The maximum atomic E-state index is 13.4. The minimum atomic E-state index is -3.73. The van der Waals surface area contributed by atoms with Gasteiger partial charge >= 0.3 is 6.09 Å². The van der Waals surface area contributed by atoms with E-state index in [1.807, 2.05) is 95.6 Å². The monoisotopic (exact) mass is 590 g/mol. The zero-order valence-corrected chi connectivity index (χ0v) is 24.8. The number of carbonyl (C=O) groups is 1. The van der Waals surface area contributed by atoms with Crippen LogP contribution in [-0.4, -0.2) is 35.1 Å². The highest BCUT2D eigenvalue weighted by Crippen LogP contribution is 2.36. The second kappa shape index (κ2) is 11.3. The molecule has 6 rings (SSSR count). The van der Waals surface area contributed by atoms with Crippen LogP contribution in [0.25, 0.3) is 27.9 Å². The Labute approximate surface area is 250 Å². The van der Waals surface area contributed by atoms with Crippen molar-refractivity contribution in [2.24, 2.45) is 0 Å². The van der Waals surface area contributed by atoms with Crippen LogP contribution in [0.3, 0.4) is 0 Å². The van der Waals surface area contributed by atoms with E-state index in [1.54, 1.807) is 45.2 Å². The molecular weight excluding hydrogens is 560 g/mol. The van der Waals surface area contributed by atoms with Crippen molar-refractivity contribution in [1.29, 1.82) is 0 Å². The number of rotatable bonds is 7. The highest BCUT2D eigenvalue weighted by atomic mass is 32.2. The lowest BCUT2D eigenvalue weighted by Crippen LogP contribution is -2.26. The molecule has 0 fully saturated rings. The zero-order chi connectivity index (χ0) is 30.1. The van der Waals surface area contributed by atoms with E-state index >= 15 is 0 Å². The van der Waals surface area contributed by atoms with E-state index in [4.69, 9.17) is 9.84 Å². The number of aromatic nitrogens is 3. The SMILES string of the molecule is Cc1ccc(C)n1S(=O)(=O)c1ccc(-c2c(-c3ccc(N(C)C(=O)OCc4ccccc4)cc3)nn3ccccc23)cc1. The molecule has 0 saturated heterocycles. The van der Waals surface area contributed by atoms with E-state index in [2.05, 4.69) is 0 Å². The molecule has 0 aliphatic heterocycles. The molecule has 0 unspecified atom stereocenters. The molecule has 0 atom stereocenters. The third kappa shape index (κ3) is 5.30. The number of amides is 1. The Morgan fingerprint density at radius 1 is 0.791 bits per heavy atom. The van der Waals surface area contributed by atoms with Crippen molar-refractivity contribution >= 4 is 27.3 Å². The zero-order valence-electron chi connectivity index (χ0n) is 24.0. The number of carbonyl (C=O) groups excluding carboxylic acids is 1. The smallest absolute Gasteiger partial charge is 0.414 e. The molecule has 0 aliphatic rings. The number of benzene rings is 3. The summed E-state index contributed by atoms with van der Waals surface area (Å²) in [4.78, 5) is 14.4. The third-order valence-electron chi connectivity index (χ3n) is 7.43. The molecule has 3 heterocycles. The van der Waals surface area contributed by atoms with Crippen molar-refractivity contribution in [3.8, 4) is 22.4 Å².